The maximum atomic E-state index is 12.9. The Morgan fingerprint density at radius 2 is 1.52 bits per heavy atom. The van der Waals surface area contributed by atoms with Crippen molar-refractivity contribution < 1.29 is 28.6 Å². The van der Waals surface area contributed by atoms with Gasteiger partial charge in [0.1, 0.15) is 11.8 Å². The van der Waals surface area contributed by atoms with Gasteiger partial charge < -0.3 is 25.3 Å². The third-order valence-corrected chi connectivity index (χ3v) is 5.02. The van der Waals surface area contributed by atoms with Crippen LogP contribution in [-0.4, -0.2) is 44.3 Å². The first-order chi connectivity index (χ1) is 13.8. The molecule has 2 aromatic rings. The van der Waals surface area contributed by atoms with Crippen LogP contribution in [0.4, 0.5) is 0 Å². The molecule has 0 aliphatic carbocycles. The lowest BCUT2D eigenvalue weighted by atomic mass is 10.2. The van der Waals surface area contributed by atoms with Crippen LogP contribution in [0.1, 0.15) is 27.6 Å². The quantitative estimate of drug-likeness (QED) is 0.632. The Kier molecular flexibility index (Phi) is 7.49. The highest BCUT2D eigenvalue weighted by Crippen LogP contribution is 2.38. The van der Waals surface area contributed by atoms with Gasteiger partial charge in [-0.2, -0.15) is 0 Å². The molecule has 8 nitrogen and oxygen atoms in total. The Balaban J connectivity index is 2.35. The molecule has 2 aromatic carbocycles. The second kappa shape index (κ2) is 9.83. The van der Waals surface area contributed by atoms with E-state index in [0.717, 1.165) is 11.8 Å². The van der Waals surface area contributed by atoms with Crippen molar-refractivity contribution in [1.82, 2.24) is 5.32 Å². The maximum absolute atomic E-state index is 12.9. The van der Waals surface area contributed by atoms with Gasteiger partial charge >= 0.3 is 0 Å². The van der Waals surface area contributed by atoms with Gasteiger partial charge in [-0.15, -0.1) is 0 Å². The number of carbonyl (C=O) groups excluding carboxylic acids is 3. The molecule has 0 radical (unpaired) electrons. The molecule has 0 fully saturated rings. The van der Waals surface area contributed by atoms with E-state index in [-0.39, 0.29) is 16.2 Å². The molecule has 0 aliphatic rings. The highest BCUT2D eigenvalue weighted by Gasteiger charge is 2.22. The third kappa shape index (κ3) is 5.20. The van der Waals surface area contributed by atoms with Crippen LogP contribution >= 0.6 is 11.8 Å². The molecule has 3 N–H and O–H groups in total. The standard InChI is InChI=1S/C20H22N2O6S/c1-11(18(21)23)22-19(24)12-7-5-6-8-17(12)29-20(25)13-9-15(27-3)16(28-4)10-14(13)26-2/h5-11H,1-4H3,(H2,21,23)(H,22,24)/t11-/m1/s1. The summed E-state index contributed by atoms with van der Waals surface area (Å²) in [5, 5.41) is 2.15. The Morgan fingerprint density at radius 3 is 2.10 bits per heavy atom. The highest BCUT2D eigenvalue weighted by atomic mass is 32.2. The van der Waals surface area contributed by atoms with Crippen molar-refractivity contribution in [2.75, 3.05) is 21.3 Å². The largest absolute Gasteiger partial charge is 0.496 e. The van der Waals surface area contributed by atoms with E-state index in [9.17, 15) is 14.4 Å². The summed E-state index contributed by atoms with van der Waals surface area (Å²) in [6.45, 7) is 1.48. The molecule has 0 bridgehead atoms. The SMILES string of the molecule is COc1cc(OC)c(C(=O)Sc2ccccc2C(=O)N[C@H](C)C(N)=O)cc1OC. The van der Waals surface area contributed by atoms with Crippen LogP contribution in [0.3, 0.4) is 0 Å². The normalized spacial score (nSPS) is 11.3. The number of hydrogen-bond donors (Lipinski definition) is 2. The first-order valence-electron chi connectivity index (χ1n) is 8.53. The zero-order valence-corrected chi connectivity index (χ0v) is 17.3. The molecule has 0 heterocycles. The number of carbonyl (C=O) groups is 3. The maximum Gasteiger partial charge on any atom is 0.253 e. The van der Waals surface area contributed by atoms with E-state index < -0.39 is 17.9 Å². The molecule has 154 valence electrons. The number of ether oxygens (including phenoxy) is 3. The van der Waals surface area contributed by atoms with Crippen LogP contribution in [0.25, 0.3) is 0 Å². The summed E-state index contributed by atoms with van der Waals surface area (Å²) in [6.07, 6.45) is 0. The molecule has 1 atom stereocenters. The summed E-state index contributed by atoms with van der Waals surface area (Å²) in [5.41, 5.74) is 5.70. The lowest BCUT2D eigenvalue weighted by molar-refractivity contribution is -0.119. The molecule has 0 aliphatic heterocycles. The number of nitrogens with one attached hydrogen (secondary N) is 1. The van der Waals surface area contributed by atoms with Gasteiger partial charge in [-0.3, -0.25) is 14.4 Å². The Bertz CT molecular complexity index is 931. The molecule has 0 aromatic heterocycles. The molecule has 0 saturated heterocycles. The summed E-state index contributed by atoms with van der Waals surface area (Å²) in [5.74, 6) is -0.0600. The van der Waals surface area contributed by atoms with Crippen molar-refractivity contribution in [2.45, 2.75) is 17.9 Å². The van der Waals surface area contributed by atoms with Gasteiger partial charge in [0.15, 0.2) is 11.5 Å². The van der Waals surface area contributed by atoms with Crippen molar-refractivity contribution in [3.8, 4) is 17.2 Å². The molecule has 2 amide bonds. The lowest BCUT2D eigenvalue weighted by Gasteiger charge is -2.14. The minimum absolute atomic E-state index is 0.249. The molecule has 0 spiro atoms. The van der Waals surface area contributed by atoms with E-state index in [0.29, 0.717) is 22.1 Å². The molecule has 0 saturated carbocycles. The monoisotopic (exact) mass is 418 g/mol. The van der Waals surface area contributed by atoms with Gasteiger partial charge in [-0.05, 0) is 36.9 Å². The van der Waals surface area contributed by atoms with Gasteiger partial charge in [-0.25, -0.2) is 0 Å². The van der Waals surface area contributed by atoms with Gasteiger partial charge in [-0.1, -0.05) is 12.1 Å². The van der Waals surface area contributed by atoms with Crippen LogP contribution in [0, 0.1) is 0 Å². The van der Waals surface area contributed by atoms with Crippen molar-refractivity contribution in [2.24, 2.45) is 5.73 Å². The minimum Gasteiger partial charge on any atom is -0.496 e. The summed E-state index contributed by atoms with van der Waals surface area (Å²) < 4.78 is 15.8. The summed E-state index contributed by atoms with van der Waals surface area (Å²) in [6, 6.07) is 8.79. The van der Waals surface area contributed by atoms with Crippen molar-refractivity contribution in [3.63, 3.8) is 0 Å². The van der Waals surface area contributed by atoms with E-state index in [4.69, 9.17) is 19.9 Å². The molecule has 2 rings (SSSR count). The van der Waals surface area contributed by atoms with Crippen molar-refractivity contribution in [3.05, 3.63) is 47.5 Å². The summed E-state index contributed by atoms with van der Waals surface area (Å²) >= 11 is 0.857. The zero-order valence-electron chi connectivity index (χ0n) is 16.5. The van der Waals surface area contributed by atoms with Gasteiger partial charge in [0, 0.05) is 11.0 Å². The van der Waals surface area contributed by atoms with Crippen LogP contribution in [0.15, 0.2) is 41.3 Å². The molecular weight excluding hydrogens is 396 g/mol. The van der Waals surface area contributed by atoms with E-state index in [2.05, 4.69) is 5.32 Å². The second-order valence-corrected chi connectivity index (χ2v) is 6.91. The number of thioether (sulfide) groups is 1. The first-order valence-corrected chi connectivity index (χ1v) is 9.35. The summed E-state index contributed by atoms with van der Waals surface area (Å²) in [7, 11) is 4.38. The predicted octanol–water partition coefficient (Wildman–Crippen LogP) is 2.25. The van der Waals surface area contributed by atoms with Crippen molar-refractivity contribution >= 4 is 28.7 Å². The fourth-order valence-electron chi connectivity index (χ4n) is 2.43. The summed E-state index contributed by atoms with van der Waals surface area (Å²) in [4.78, 5) is 37.1. The highest BCUT2D eigenvalue weighted by molar-refractivity contribution is 8.14. The smallest absolute Gasteiger partial charge is 0.253 e. The lowest BCUT2D eigenvalue weighted by Crippen LogP contribution is -2.42. The van der Waals surface area contributed by atoms with Crippen LogP contribution < -0.4 is 25.3 Å². The molecular formula is C20H22N2O6S. The number of rotatable bonds is 8. The van der Waals surface area contributed by atoms with E-state index in [1.54, 1.807) is 30.3 Å². The third-order valence-electron chi connectivity index (χ3n) is 4.03. The Labute approximate surface area is 172 Å². The average Bonchev–Trinajstić information content (AvgIpc) is 2.72. The van der Waals surface area contributed by atoms with Crippen LogP contribution in [-0.2, 0) is 4.79 Å². The van der Waals surface area contributed by atoms with Gasteiger partial charge in [0.05, 0.1) is 32.5 Å². The van der Waals surface area contributed by atoms with E-state index in [1.807, 2.05) is 0 Å². The number of benzene rings is 2. The van der Waals surface area contributed by atoms with E-state index >= 15 is 0 Å². The number of methoxy groups -OCH3 is 3. The van der Waals surface area contributed by atoms with E-state index in [1.165, 1.54) is 34.3 Å². The number of primary amides is 1. The Hall–Kier alpha value is -3.20. The number of amides is 2. The molecule has 0 unspecified atom stereocenters. The average molecular weight is 418 g/mol. The molecule has 9 heteroatoms. The van der Waals surface area contributed by atoms with Gasteiger partial charge in [0.2, 0.25) is 11.0 Å². The zero-order chi connectivity index (χ0) is 21.6. The number of nitrogens with two attached hydrogens (primary N) is 1. The fourth-order valence-corrected chi connectivity index (χ4v) is 3.32. The first kappa shape index (κ1) is 22.1. The number of hydrogen-bond acceptors (Lipinski definition) is 7. The fraction of sp³-hybridized carbons (Fsp3) is 0.250. The Morgan fingerprint density at radius 1 is 0.931 bits per heavy atom. The van der Waals surface area contributed by atoms with Crippen LogP contribution in [0.5, 0.6) is 17.2 Å². The van der Waals surface area contributed by atoms with Crippen LogP contribution in [0.2, 0.25) is 0 Å². The molecule has 29 heavy (non-hydrogen) atoms. The predicted molar refractivity (Wildman–Crippen MR) is 109 cm³/mol. The minimum atomic E-state index is -0.845. The van der Waals surface area contributed by atoms with Crippen molar-refractivity contribution in [1.29, 1.82) is 0 Å². The topological polar surface area (TPSA) is 117 Å². The second-order valence-electron chi connectivity index (χ2n) is 5.89. The van der Waals surface area contributed by atoms with Gasteiger partial charge in [0.25, 0.3) is 5.91 Å².